The SMILES string of the molecule is Cc1cc(S(=O)(=O)NCCc2cscn2)ccc1C#N. The standard InChI is InChI=1S/C13H13N3O2S2/c1-10-6-13(3-2-11(10)7-14)20(17,18)16-5-4-12-8-19-9-15-12/h2-3,6,8-9,16H,4-5H2,1H3. The largest absolute Gasteiger partial charge is 0.250 e. The van der Waals surface area contributed by atoms with Gasteiger partial charge in [0.05, 0.1) is 27.7 Å². The quantitative estimate of drug-likeness (QED) is 0.913. The van der Waals surface area contributed by atoms with Gasteiger partial charge in [0, 0.05) is 18.3 Å². The van der Waals surface area contributed by atoms with Crippen LogP contribution in [-0.2, 0) is 16.4 Å². The molecule has 1 heterocycles. The second kappa shape index (κ2) is 6.13. The summed E-state index contributed by atoms with van der Waals surface area (Å²) in [6, 6.07) is 6.48. The van der Waals surface area contributed by atoms with E-state index in [1.54, 1.807) is 12.4 Å². The van der Waals surface area contributed by atoms with Crippen LogP contribution in [0.4, 0.5) is 0 Å². The second-order valence-electron chi connectivity index (χ2n) is 4.22. The van der Waals surface area contributed by atoms with E-state index in [1.165, 1.54) is 29.5 Å². The van der Waals surface area contributed by atoms with Gasteiger partial charge in [-0.1, -0.05) is 0 Å². The maximum absolute atomic E-state index is 12.1. The zero-order valence-electron chi connectivity index (χ0n) is 10.8. The van der Waals surface area contributed by atoms with Crippen molar-refractivity contribution < 1.29 is 8.42 Å². The molecule has 7 heteroatoms. The number of sulfonamides is 1. The summed E-state index contributed by atoms with van der Waals surface area (Å²) in [7, 11) is -3.54. The van der Waals surface area contributed by atoms with Crippen molar-refractivity contribution in [2.24, 2.45) is 0 Å². The molecule has 0 radical (unpaired) electrons. The Hall–Kier alpha value is -1.75. The lowest BCUT2D eigenvalue weighted by Gasteiger charge is -2.07. The lowest BCUT2D eigenvalue weighted by Crippen LogP contribution is -2.26. The second-order valence-corrected chi connectivity index (χ2v) is 6.70. The topological polar surface area (TPSA) is 82.8 Å². The van der Waals surface area contributed by atoms with Crippen LogP contribution in [0, 0.1) is 18.3 Å². The number of hydrogen-bond acceptors (Lipinski definition) is 5. The van der Waals surface area contributed by atoms with Crippen LogP contribution in [-0.4, -0.2) is 19.9 Å². The summed E-state index contributed by atoms with van der Waals surface area (Å²) < 4.78 is 26.7. The third-order valence-electron chi connectivity index (χ3n) is 2.79. The Balaban J connectivity index is 2.06. The predicted octanol–water partition coefficient (Wildman–Crippen LogP) is 1.84. The van der Waals surface area contributed by atoms with Crippen LogP contribution in [0.5, 0.6) is 0 Å². The number of hydrogen-bond donors (Lipinski definition) is 1. The molecule has 0 unspecified atom stereocenters. The first-order valence-electron chi connectivity index (χ1n) is 5.90. The molecule has 0 aliphatic carbocycles. The number of rotatable bonds is 5. The smallest absolute Gasteiger partial charge is 0.240 e. The molecule has 0 saturated heterocycles. The molecule has 0 fully saturated rings. The number of nitrogens with zero attached hydrogens (tertiary/aromatic N) is 2. The lowest BCUT2D eigenvalue weighted by molar-refractivity contribution is 0.581. The molecule has 1 N–H and O–H groups in total. The van der Waals surface area contributed by atoms with Gasteiger partial charge in [0.15, 0.2) is 0 Å². The number of nitrogens with one attached hydrogen (secondary N) is 1. The Bertz CT molecular complexity index is 731. The van der Waals surface area contributed by atoms with Gasteiger partial charge in [-0.25, -0.2) is 18.1 Å². The van der Waals surface area contributed by atoms with Gasteiger partial charge in [-0.2, -0.15) is 5.26 Å². The van der Waals surface area contributed by atoms with Gasteiger partial charge in [-0.05, 0) is 30.7 Å². The summed E-state index contributed by atoms with van der Waals surface area (Å²) in [5, 5.41) is 10.7. The van der Waals surface area contributed by atoms with E-state index in [0.29, 0.717) is 24.1 Å². The monoisotopic (exact) mass is 307 g/mol. The van der Waals surface area contributed by atoms with Crippen LogP contribution in [0.1, 0.15) is 16.8 Å². The van der Waals surface area contributed by atoms with Crippen LogP contribution in [0.2, 0.25) is 0 Å². The minimum absolute atomic E-state index is 0.173. The molecule has 104 valence electrons. The zero-order valence-corrected chi connectivity index (χ0v) is 12.5. The van der Waals surface area contributed by atoms with Gasteiger partial charge in [0.25, 0.3) is 0 Å². The normalized spacial score (nSPS) is 11.2. The third-order valence-corrected chi connectivity index (χ3v) is 4.88. The van der Waals surface area contributed by atoms with Crippen LogP contribution in [0.15, 0.2) is 34.0 Å². The molecule has 2 aromatic rings. The lowest BCUT2D eigenvalue weighted by atomic mass is 10.1. The van der Waals surface area contributed by atoms with Crippen molar-refractivity contribution in [2.75, 3.05) is 6.54 Å². The van der Waals surface area contributed by atoms with Crippen LogP contribution in [0.25, 0.3) is 0 Å². The average Bonchev–Trinajstić information content (AvgIpc) is 2.91. The van der Waals surface area contributed by atoms with E-state index >= 15 is 0 Å². The van der Waals surface area contributed by atoms with Gasteiger partial charge in [-0.3, -0.25) is 0 Å². The molecular formula is C13H13N3O2S2. The molecule has 0 bridgehead atoms. The Kier molecular flexibility index (Phi) is 4.49. The molecule has 0 atom stereocenters. The Labute approximate surface area is 122 Å². The van der Waals surface area contributed by atoms with Crippen molar-refractivity contribution in [3.05, 3.63) is 45.9 Å². The van der Waals surface area contributed by atoms with Gasteiger partial charge in [0.1, 0.15) is 0 Å². The minimum Gasteiger partial charge on any atom is -0.250 e. The molecule has 2 rings (SSSR count). The molecule has 0 aliphatic heterocycles. The fourth-order valence-electron chi connectivity index (χ4n) is 1.69. The number of aryl methyl sites for hydroxylation is 1. The van der Waals surface area contributed by atoms with Gasteiger partial charge >= 0.3 is 0 Å². The number of aromatic nitrogens is 1. The van der Waals surface area contributed by atoms with Crippen molar-refractivity contribution >= 4 is 21.4 Å². The summed E-state index contributed by atoms with van der Waals surface area (Å²) in [6.45, 7) is 2.01. The van der Waals surface area contributed by atoms with Crippen LogP contribution < -0.4 is 4.72 Å². The summed E-state index contributed by atoms with van der Waals surface area (Å²) >= 11 is 1.48. The van der Waals surface area contributed by atoms with E-state index in [1.807, 2.05) is 11.4 Å². The Morgan fingerprint density at radius 2 is 2.25 bits per heavy atom. The van der Waals surface area contributed by atoms with Crippen molar-refractivity contribution in [3.8, 4) is 6.07 Å². The first kappa shape index (κ1) is 14.7. The molecule has 0 saturated carbocycles. The molecule has 1 aromatic heterocycles. The number of nitriles is 1. The first-order valence-corrected chi connectivity index (χ1v) is 8.33. The molecule has 1 aromatic carbocycles. The van der Waals surface area contributed by atoms with Crippen molar-refractivity contribution in [1.29, 1.82) is 5.26 Å². The zero-order chi connectivity index (χ0) is 14.6. The van der Waals surface area contributed by atoms with Crippen molar-refractivity contribution in [1.82, 2.24) is 9.71 Å². The summed E-state index contributed by atoms with van der Waals surface area (Å²) in [6.07, 6.45) is 0.554. The molecule has 0 amide bonds. The van der Waals surface area contributed by atoms with Gasteiger partial charge < -0.3 is 0 Å². The predicted molar refractivity (Wildman–Crippen MR) is 76.9 cm³/mol. The molecular weight excluding hydrogens is 294 g/mol. The summed E-state index contributed by atoms with van der Waals surface area (Å²) in [5.41, 5.74) is 3.71. The highest BCUT2D eigenvalue weighted by molar-refractivity contribution is 7.89. The van der Waals surface area contributed by atoms with E-state index in [4.69, 9.17) is 5.26 Å². The van der Waals surface area contributed by atoms with Crippen LogP contribution >= 0.6 is 11.3 Å². The van der Waals surface area contributed by atoms with E-state index in [0.717, 1.165) is 5.69 Å². The highest BCUT2D eigenvalue weighted by Gasteiger charge is 2.14. The molecule has 0 spiro atoms. The average molecular weight is 307 g/mol. The van der Waals surface area contributed by atoms with E-state index < -0.39 is 10.0 Å². The first-order chi connectivity index (χ1) is 9.53. The minimum atomic E-state index is -3.54. The summed E-state index contributed by atoms with van der Waals surface area (Å²) in [4.78, 5) is 4.27. The van der Waals surface area contributed by atoms with Crippen molar-refractivity contribution in [2.45, 2.75) is 18.2 Å². The van der Waals surface area contributed by atoms with E-state index in [9.17, 15) is 8.42 Å². The van der Waals surface area contributed by atoms with E-state index in [-0.39, 0.29) is 4.90 Å². The number of thiazole rings is 1. The summed E-state index contributed by atoms with van der Waals surface area (Å²) in [5.74, 6) is 0. The molecule has 20 heavy (non-hydrogen) atoms. The molecule has 0 aliphatic rings. The van der Waals surface area contributed by atoms with Gasteiger partial charge in [0.2, 0.25) is 10.0 Å². The Morgan fingerprint density at radius 1 is 1.45 bits per heavy atom. The highest BCUT2D eigenvalue weighted by atomic mass is 32.2. The highest BCUT2D eigenvalue weighted by Crippen LogP contribution is 2.14. The van der Waals surface area contributed by atoms with Gasteiger partial charge in [-0.15, -0.1) is 11.3 Å². The van der Waals surface area contributed by atoms with E-state index in [2.05, 4.69) is 9.71 Å². The maximum Gasteiger partial charge on any atom is 0.240 e. The fourth-order valence-corrected chi connectivity index (χ4v) is 3.40. The number of benzene rings is 1. The van der Waals surface area contributed by atoms with Crippen molar-refractivity contribution in [3.63, 3.8) is 0 Å². The van der Waals surface area contributed by atoms with Crippen LogP contribution in [0.3, 0.4) is 0 Å². The maximum atomic E-state index is 12.1. The third kappa shape index (κ3) is 3.42. The Morgan fingerprint density at radius 3 is 2.85 bits per heavy atom. The molecule has 5 nitrogen and oxygen atoms in total. The fraction of sp³-hybridized carbons (Fsp3) is 0.231.